The first-order chi connectivity index (χ1) is 16.6. The summed E-state index contributed by atoms with van der Waals surface area (Å²) in [5, 5.41) is 13.6. The summed E-state index contributed by atoms with van der Waals surface area (Å²) >= 11 is 0. The van der Waals surface area contributed by atoms with Gasteiger partial charge in [-0.25, -0.2) is 9.78 Å². The molecule has 2 N–H and O–H groups in total. The lowest BCUT2D eigenvalue weighted by Crippen LogP contribution is -2.44. The lowest BCUT2D eigenvalue weighted by atomic mass is 9.87. The molecule has 1 aliphatic rings. The quantitative estimate of drug-likeness (QED) is 0.497. The minimum absolute atomic E-state index is 0.0985. The Kier molecular flexibility index (Phi) is 7.99. The molecular formula is C27H31N3O4. The summed E-state index contributed by atoms with van der Waals surface area (Å²) in [5.74, 6) is 1.90. The largest absolute Gasteiger partial charge is 0.490 e. The summed E-state index contributed by atoms with van der Waals surface area (Å²) in [4.78, 5) is 18.8. The molecule has 1 aliphatic heterocycles. The van der Waals surface area contributed by atoms with Gasteiger partial charge in [-0.1, -0.05) is 48.5 Å². The maximum absolute atomic E-state index is 12.6. The van der Waals surface area contributed by atoms with Crippen LogP contribution >= 0.6 is 0 Å². The molecule has 4 rings (SSSR count). The Hall–Kier alpha value is -3.58. The number of aliphatic hydroxyl groups is 1. The van der Waals surface area contributed by atoms with Crippen LogP contribution in [-0.4, -0.2) is 40.7 Å². The number of benzene rings is 2. The van der Waals surface area contributed by atoms with Crippen LogP contribution in [0, 0.1) is 5.92 Å². The van der Waals surface area contributed by atoms with Crippen molar-refractivity contribution in [2.45, 2.75) is 32.4 Å². The molecular weight excluding hydrogens is 430 g/mol. The molecule has 0 bridgehead atoms. The van der Waals surface area contributed by atoms with Gasteiger partial charge in [-0.2, -0.15) is 0 Å². The number of urea groups is 1. The molecule has 0 spiro atoms. The molecule has 7 nitrogen and oxygen atoms in total. The summed E-state index contributed by atoms with van der Waals surface area (Å²) in [6.45, 7) is 4.12. The van der Waals surface area contributed by atoms with Crippen molar-refractivity contribution in [3.05, 3.63) is 84.1 Å². The molecule has 0 aliphatic carbocycles. The van der Waals surface area contributed by atoms with E-state index in [9.17, 15) is 9.90 Å². The zero-order chi connectivity index (χ0) is 23.8. The number of rotatable bonds is 8. The van der Waals surface area contributed by atoms with Crippen LogP contribution in [0.3, 0.4) is 0 Å². The Balaban J connectivity index is 1.24. The summed E-state index contributed by atoms with van der Waals surface area (Å²) in [5.41, 5.74) is 1.82. The van der Waals surface area contributed by atoms with Gasteiger partial charge < -0.3 is 24.8 Å². The number of piperidine rings is 1. The van der Waals surface area contributed by atoms with E-state index in [1.807, 2.05) is 72.5 Å². The highest BCUT2D eigenvalue weighted by atomic mass is 16.5. The van der Waals surface area contributed by atoms with Crippen molar-refractivity contribution in [2.75, 3.05) is 19.7 Å². The Morgan fingerprint density at radius 1 is 1.06 bits per heavy atom. The number of carbonyl (C=O) groups excluding carboxylic acids is 1. The van der Waals surface area contributed by atoms with Crippen molar-refractivity contribution in [3.63, 3.8) is 0 Å². The molecule has 1 unspecified atom stereocenters. The predicted octanol–water partition coefficient (Wildman–Crippen LogP) is 4.93. The van der Waals surface area contributed by atoms with Crippen LogP contribution in [0.4, 0.5) is 4.79 Å². The molecule has 1 aromatic heterocycles. The van der Waals surface area contributed by atoms with Crippen molar-refractivity contribution < 1.29 is 19.4 Å². The van der Waals surface area contributed by atoms with Gasteiger partial charge in [-0.15, -0.1) is 0 Å². The Bertz CT molecular complexity index is 1050. The van der Waals surface area contributed by atoms with E-state index in [1.54, 1.807) is 12.3 Å². The smallest absolute Gasteiger partial charge is 0.317 e. The average Bonchev–Trinajstić information content (AvgIpc) is 2.89. The molecule has 2 aromatic carbocycles. The van der Waals surface area contributed by atoms with E-state index in [0.29, 0.717) is 43.6 Å². The normalized spacial score (nSPS) is 14.9. The van der Waals surface area contributed by atoms with Crippen LogP contribution < -0.4 is 14.8 Å². The second-order valence-corrected chi connectivity index (χ2v) is 8.33. The van der Waals surface area contributed by atoms with E-state index >= 15 is 0 Å². The van der Waals surface area contributed by atoms with E-state index < -0.39 is 6.10 Å². The van der Waals surface area contributed by atoms with Gasteiger partial charge in [0.2, 0.25) is 5.88 Å². The molecule has 178 valence electrons. The fourth-order valence-corrected chi connectivity index (χ4v) is 4.13. The third-order valence-corrected chi connectivity index (χ3v) is 6.02. The predicted molar refractivity (Wildman–Crippen MR) is 130 cm³/mol. The molecule has 0 radical (unpaired) electrons. The standard InChI is InChI=1S/C27H31N3O4/c1-2-33-23-10-6-7-11-24(23)34-25-13-12-20(18-28-25)19-29-27(32)30-16-14-22(15-17-30)26(31)21-8-4-3-5-9-21/h3-13,18,22,26,31H,2,14-17,19H2,1H3,(H,29,32). The third kappa shape index (κ3) is 6.05. The van der Waals surface area contributed by atoms with Gasteiger partial charge in [0.1, 0.15) is 0 Å². The van der Waals surface area contributed by atoms with E-state index in [2.05, 4.69) is 10.3 Å². The van der Waals surface area contributed by atoms with Gasteiger partial charge >= 0.3 is 6.03 Å². The molecule has 0 saturated carbocycles. The number of nitrogens with zero attached hydrogens (tertiary/aromatic N) is 2. The number of nitrogens with one attached hydrogen (secondary N) is 1. The van der Waals surface area contributed by atoms with Crippen LogP contribution in [0.1, 0.15) is 37.0 Å². The van der Waals surface area contributed by atoms with Crippen LogP contribution in [0.15, 0.2) is 72.9 Å². The Morgan fingerprint density at radius 3 is 2.44 bits per heavy atom. The number of likely N-dealkylation sites (tertiary alicyclic amines) is 1. The summed E-state index contributed by atoms with van der Waals surface area (Å²) in [7, 11) is 0. The van der Waals surface area contributed by atoms with Crippen LogP contribution in [0.2, 0.25) is 0 Å². The Morgan fingerprint density at radius 2 is 1.76 bits per heavy atom. The zero-order valence-electron chi connectivity index (χ0n) is 19.4. The summed E-state index contributed by atoms with van der Waals surface area (Å²) in [6, 6.07) is 20.8. The molecule has 34 heavy (non-hydrogen) atoms. The van der Waals surface area contributed by atoms with E-state index in [1.165, 1.54) is 0 Å². The van der Waals surface area contributed by atoms with Crippen molar-refractivity contribution in [3.8, 4) is 17.4 Å². The highest BCUT2D eigenvalue weighted by Crippen LogP contribution is 2.31. The average molecular weight is 462 g/mol. The molecule has 3 aromatic rings. The summed E-state index contributed by atoms with van der Waals surface area (Å²) in [6.07, 6.45) is 2.76. The Labute approximate surface area is 200 Å². The number of hydrogen-bond donors (Lipinski definition) is 2. The van der Waals surface area contributed by atoms with Crippen LogP contribution in [0.25, 0.3) is 0 Å². The number of aromatic nitrogens is 1. The van der Waals surface area contributed by atoms with E-state index in [-0.39, 0.29) is 11.9 Å². The van der Waals surface area contributed by atoms with Gasteiger partial charge in [0, 0.05) is 31.9 Å². The molecule has 1 fully saturated rings. The molecule has 1 atom stereocenters. The number of carbonyl (C=O) groups is 1. The van der Waals surface area contributed by atoms with Gasteiger partial charge in [0.15, 0.2) is 11.5 Å². The first kappa shape index (κ1) is 23.6. The molecule has 2 amide bonds. The first-order valence-electron chi connectivity index (χ1n) is 11.7. The highest BCUT2D eigenvalue weighted by molar-refractivity contribution is 5.74. The number of pyridine rings is 1. The van der Waals surface area contributed by atoms with Crippen molar-refractivity contribution in [1.29, 1.82) is 0 Å². The van der Waals surface area contributed by atoms with Crippen molar-refractivity contribution >= 4 is 6.03 Å². The lowest BCUT2D eigenvalue weighted by Gasteiger charge is -2.34. The van der Waals surface area contributed by atoms with Crippen molar-refractivity contribution in [2.24, 2.45) is 5.92 Å². The fraction of sp³-hybridized carbons (Fsp3) is 0.333. The molecule has 2 heterocycles. The van der Waals surface area contributed by atoms with Gasteiger partial charge in [0.25, 0.3) is 0 Å². The summed E-state index contributed by atoms with van der Waals surface area (Å²) < 4.78 is 11.4. The first-order valence-corrected chi connectivity index (χ1v) is 11.7. The number of para-hydroxylation sites is 2. The van der Waals surface area contributed by atoms with Gasteiger partial charge in [0.05, 0.1) is 12.7 Å². The minimum Gasteiger partial charge on any atom is -0.490 e. The van der Waals surface area contributed by atoms with Gasteiger partial charge in [-0.05, 0) is 48.9 Å². The zero-order valence-corrected chi connectivity index (χ0v) is 19.4. The highest BCUT2D eigenvalue weighted by Gasteiger charge is 2.28. The van der Waals surface area contributed by atoms with E-state index in [4.69, 9.17) is 9.47 Å². The SMILES string of the molecule is CCOc1ccccc1Oc1ccc(CNC(=O)N2CCC(C(O)c3ccccc3)CC2)cn1. The fourth-order valence-electron chi connectivity index (χ4n) is 4.13. The maximum atomic E-state index is 12.6. The molecule has 7 heteroatoms. The number of ether oxygens (including phenoxy) is 2. The van der Waals surface area contributed by atoms with Crippen LogP contribution in [-0.2, 0) is 6.54 Å². The number of hydrogen-bond acceptors (Lipinski definition) is 5. The minimum atomic E-state index is -0.487. The third-order valence-electron chi connectivity index (χ3n) is 6.02. The maximum Gasteiger partial charge on any atom is 0.317 e. The second-order valence-electron chi connectivity index (χ2n) is 8.33. The number of amides is 2. The second kappa shape index (κ2) is 11.5. The monoisotopic (exact) mass is 461 g/mol. The lowest BCUT2D eigenvalue weighted by molar-refractivity contribution is 0.0665. The van der Waals surface area contributed by atoms with Crippen molar-refractivity contribution in [1.82, 2.24) is 15.2 Å². The van der Waals surface area contributed by atoms with Gasteiger partial charge in [-0.3, -0.25) is 0 Å². The topological polar surface area (TPSA) is 83.9 Å². The van der Waals surface area contributed by atoms with Crippen LogP contribution in [0.5, 0.6) is 17.4 Å². The van der Waals surface area contributed by atoms with E-state index in [0.717, 1.165) is 24.0 Å². The molecule has 1 saturated heterocycles. The number of aliphatic hydroxyl groups excluding tert-OH is 1.